The molecule has 5 rings (SSSR count). The number of fused-ring (bicyclic) bond motifs is 1. The molecule has 1 saturated carbocycles. The molecule has 0 radical (unpaired) electrons. The number of hydrogen-bond donors (Lipinski definition) is 1. The molecule has 37 heavy (non-hydrogen) atoms. The number of imidazole rings is 1. The average Bonchev–Trinajstić information content (AvgIpc) is 3.61. The maximum absolute atomic E-state index is 12.7. The van der Waals surface area contributed by atoms with Crippen molar-refractivity contribution in [3.8, 4) is 17.1 Å². The highest BCUT2D eigenvalue weighted by molar-refractivity contribution is 5.68. The first-order chi connectivity index (χ1) is 17.7. The molecule has 1 saturated heterocycles. The van der Waals surface area contributed by atoms with Crippen LogP contribution in [-0.2, 0) is 4.74 Å². The summed E-state index contributed by atoms with van der Waals surface area (Å²) in [6.45, 7) is 6.01. The van der Waals surface area contributed by atoms with Crippen molar-refractivity contribution in [2.45, 2.75) is 70.4 Å². The number of rotatable bonds is 7. The highest BCUT2D eigenvalue weighted by atomic mass is 19.3. The lowest BCUT2D eigenvalue weighted by atomic mass is 10.1. The van der Waals surface area contributed by atoms with Crippen LogP contribution in [0.4, 0.5) is 19.5 Å². The number of alkyl halides is 2. The van der Waals surface area contributed by atoms with E-state index in [1.807, 2.05) is 20.8 Å². The minimum atomic E-state index is -2.56. The third-order valence-electron chi connectivity index (χ3n) is 6.14. The molecule has 10 nitrogen and oxygen atoms in total. The molecule has 1 amide bonds. The van der Waals surface area contributed by atoms with Crippen LogP contribution in [0.1, 0.15) is 58.1 Å². The van der Waals surface area contributed by atoms with Crippen LogP contribution in [0.3, 0.4) is 0 Å². The van der Waals surface area contributed by atoms with Crippen molar-refractivity contribution in [2.24, 2.45) is 0 Å². The van der Waals surface area contributed by atoms with E-state index in [9.17, 15) is 13.6 Å². The summed E-state index contributed by atoms with van der Waals surface area (Å²) in [4.78, 5) is 27.7. The molecule has 1 atom stereocenters. The van der Waals surface area contributed by atoms with Crippen molar-refractivity contribution in [1.29, 1.82) is 0 Å². The van der Waals surface area contributed by atoms with E-state index in [1.54, 1.807) is 33.9 Å². The zero-order valence-electron chi connectivity index (χ0n) is 21.2. The van der Waals surface area contributed by atoms with Crippen molar-refractivity contribution < 1.29 is 23.0 Å². The fourth-order valence-electron chi connectivity index (χ4n) is 4.34. The summed E-state index contributed by atoms with van der Waals surface area (Å²) in [5.41, 5.74) is 1.86. The first kappa shape index (κ1) is 25.1. The molecular weight excluding hydrogens is 484 g/mol. The number of carbonyl (C=O) groups is 1. The molecule has 0 spiro atoms. The number of hydrogen-bond acceptors (Lipinski definition) is 8. The Labute approximate surface area is 213 Å². The van der Waals surface area contributed by atoms with Crippen LogP contribution in [0.2, 0.25) is 0 Å². The summed E-state index contributed by atoms with van der Waals surface area (Å²) in [6.07, 6.45) is 4.00. The van der Waals surface area contributed by atoms with E-state index in [4.69, 9.17) is 14.6 Å². The Bertz CT molecular complexity index is 1270. The van der Waals surface area contributed by atoms with Gasteiger partial charge < -0.3 is 19.7 Å². The third-order valence-corrected chi connectivity index (χ3v) is 6.14. The van der Waals surface area contributed by atoms with E-state index in [-0.39, 0.29) is 18.1 Å². The summed E-state index contributed by atoms with van der Waals surface area (Å²) >= 11 is 0. The van der Waals surface area contributed by atoms with Gasteiger partial charge in [-0.25, -0.2) is 33.0 Å². The zero-order chi connectivity index (χ0) is 26.2. The normalized spacial score (nSPS) is 18.3. The molecule has 12 heteroatoms. The van der Waals surface area contributed by atoms with Crippen LogP contribution in [0.15, 0.2) is 24.5 Å². The van der Waals surface area contributed by atoms with Crippen LogP contribution in [0.25, 0.3) is 17.0 Å². The van der Waals surface area contributed by atoms with Crippen LogP contribution in [0.5, 0.6) is 5.75 Å². The fraction of sp³-hybridized carbons (Fsp3) is 0.560. The Morgan fingerprint density at radius 3 is 2.78 bits per heavy atom. The first-order valence-electron chi connectivity index (χ1n) is 12.5. The van der Waals surface area contributed by atoms with Gasteiger partial charge in [0.1, 0.15) is 29.3 Å². The molecule has 2 fully saturated rings. The number of piperidine rings is 1. The van der Waals surface area contributed by atoms with Crippen molar-refractivity contribution in [3.63, 3.8) is 0 Å². The number of carbonyl (C=O) groups excluding carboxylic acids is 1. The highest BCUT2D eigenvalue weighted by Gasteiger charge is 2.31. The van der Waals surface area contributed by atoms with Crippen molar-refractivity contribution >= 4 is 17.7 Å². The van der Waals surface area contributed by atoms with E-state index in [2.05, 4.69) is 20.3 Å². The molecule has 1 aliphatic heterocycles. The van der Waals surface area contributed by atoms with Crippen molar-refractivity contribution in [2.75, 3.05) is 25.0 Å². The number of likely N-dealkylation sites (tertiary alicyclic amines) is 1. The largest absolute Gasteiger partial charge is 0.485 e. The summed E-state index contributed by atoms with van der Waals surface area (Å²) < 4.78 is 38.0. The van der Waals surface area contributed by atoms with Gasteiger partial charge in [-0.15, -0.1) is 0 Å². The molecule has 0 bridgehead atoms. The SMILES string of the molecule is CC(C)(C)OC(=O)N1CCCC(Nc2nccc(-c3cnc4cc(OCC(F)F)c(C5CC5)nn34)n2)C1. The minimum absolute atomic E-state index is 0.0205. The van der Waals surface area contributed by atoms with Crippen molar-refractivity contribution in [3.05, 3.63) is 30.2 Å². The molecule has 4 heterocycles. The lowest BCUT2D eigenvalue weighted by Gasteiger charge is -2.34. The van der Waals surface area contributed by atoms with Gasteiger partial charge in [0.15, 0.2) is 5.65 Å². The minimum Gasteiger partial charge on any atom is -0.485 e. The maximum atomic E-state index is 12.7. The number of anilines is 1. The maximum Gasteiger partial charge on any atom is 0.410 e. The second-order valence-corrected chi connectivity index (χ2v) is 10.5. The molecule has 1 aliphatic carbocycles. The second-order valence-electron chi connectivity index (χ2n) is 10.5. The predicted octanol–water partition coefficient (Wildman–Crippen LogP) is 4.52. The van der Waals surface area contributed by atoms with Gasteiger partial charge in [-0.1, -0.05) is 0 Å². The molecular formula is C25H31F2N7O3. The number of nitrogens with zero attached hydrogens (tertiary/aromatic N) is 6. The summed E-state index contributed by atoms with van der Waals surface area (Å²) in [6, 6.07) is 3.40. The van der Waals surface area contributed by atoms with Gasteiger partial charge in [-0.2, -0.15) is 5.10 Å². The molecule has 1 N–H and O–H groups in total. The molecule has 1 unspecified atom stereocenters. The zero-order valence-corrected chi connectivity index (χ0v) is 21.2. The third kappa shape index (κ3) is 6.05. The van der Waals surface area contributed by atoms with Gasteiger partial charge in [0.2, 0.25) is 5.95 Å². The summed E-state index contributed by atoms with van der Waals surface area (Å²) in [5, 5.41) is 8.04. The van der Waals surface area contributed by atoms with Gasteiger partial charge in [0.25, 0.3) is 6.43 Å². The van der Waals surface area contributed by atoms with Gasteiger partial charge in [-0.3, -0.25) is 0 Å². The highest BCUT2D eigenvalue weighted by Crippen LogP contribution is 2.43. The quantitative estimate of drug-likeness (QED) is 0.490. The Balaban J connectivity index is 1.34. The van der Waals surface area contributed by atoms with Crippen LogP contribution in [0, 0.1) is 0 Å². The lowest BCUT2D eigenvalue weighted by Crippen LogP contribution is -2.47. The van der Waals surface area contributed by atoms with Crippen molar-refractivity contribution in [1.82, 2.24) is 29.5 Å². The lowest BCUT2D eigenvalue weighted by molar-refractivity contribution is 0.0206. The van der Waals surface area contributed by atoms with Crippen LogP contribution < -0.4 is 10.1 Å². The standard InChI is InChI=1S/C25H31F2N7O3/c1-25(2,3)37-24(35)33-10-4-5-16(13-33)30-23-28-9-8-17(31-23)18-12-29-21-11-19(36-14-20(26)27)22(15-6-7-15)32-34(18)21/h8-9,11-12,15-16,20H,4-7,10,13-14H2,1-3H3,(H,28,30,31). The second kappa shape index (κ2) is 10.1. The Morgan fingerprint density at radius 1 is 1.24 bits per heavy atom. The molecule has 2 aliphatic rings. The summed E-state index contributed by atoms with van der Waals surface area (Å²) in [7, 11) is 0. The molecule has 0 aromatic carbocycles. The number of aromatic nitrogens is 5. The Morgan fingerprint density at radius 2 is 2.05 bits per heavy atom. The fourth-order valence-corrected chi connectivity index (χ4v) is 4.34. The van der Waals surface area contributed by atoms with Gasteiger partial charge in [0, 0.05) is 37.3 Å². The average molecular weight is 516 g/mol. The number of nitrogens with one attached hydrogen (secondary N) is 1. The van der Waals surface area contributed by atoms with Crippen LogP contribution in [-0.4, -0.2) is 73.3 Å². The Kier molecular flexibility index (Phi) is 6.82. The van der Waals surface area contributed by atoms with Gasteiger partial charge in [0.05, 0.1) is 11.9 Å². The molecule has 3 aromatic rings. The molecule has 198 valence electrons. The van der Waals surface area contributed by atoms with E-state index >= 15 is 0 Å². The Hall–Kier alpha value is -3.57. The topological polar surface area (TPSA) is 107 Å². The summed E-state index contributed by atoms with van der Waals surface area (Å²) in [5.74, 6) is 0.973. The molecule has 3 aromatic heterocycles. The number of halogens is 2. The smallest absolute Gasteiger partial charge is 0.410 e. The number of ether oxygens (including phenoxy) is 2. The van der Waals surface area contributed by atoms with E-state index in [1.165, 1.54) is 0 Å². The number of amides is 1. The predicted molar refractivity (Wildman–Crippen MR) is 132 cm³/mol. The first-order valence-corrected chi connectivity index (χ1v) is 12.5. The van der Waals surface area contributed by atoms with E-state index < -0.39 is 18.6 Å². The van der Waals surface area contributed by atoms with Gasteiger partial charge >= 0.3 is 6.09 Å². The monoisotopic (exact) mass is 515 g/mol. The van der Waals surface area contributed by atoms with E-state index in [0.717, 1.165) is 25.7 Å². The van der Waals surface area contributed by atoms with Crippen LogP contribution >= 0.6 is 0 Å². The van der Waals surface area contributed by atoms with E-state index in [0.29, 0.717) is 47.5 Å². The van der Waals surface area contributed by atoms with Gasteiger partial charge in [-0.05, 0) is 52.5 Å².